The highest BCUT2D eigenvalue weighted by Crippen LogP contribution is 2.36. The molecule has 34 heavy (non-hydrogen) atoms. The number of hydrogen-bond donors (Lipinski definition) is 1. The first kappa shape index (κ1) is 21.8. The Labute approximate surface area is 192 Å². The van der Waals surface area contributed by atoms with Gasteiger partial charge in [0.05, 0.1) is 30.7 Å². The number of imidazole rings is 1. The highest BCUT2D eigenvalue weighted by Gasteiger charge is 2.33. The van der Waals surface area contributed by atoms with Gasteiger partial charge in [-0.3, -0.25) is 4.79 Å². The number of alkyl halides is 3. The van der Waals surface area contributed by atoms with Crippen LogP contribution in [0.1, 0.15) is 16.1 Å². The SMILES string of the molecule is O=C(Nc1cnc2ccc(-c3ccccc3C(F)(F)F)nn12)c1cccc(N2CCOCC2)n1. The van der Waals surface area contributed by atoms with Crippen LogP contribution in [-0.2, 0) is 10.9 Å². The Morgan fingerprint density at radius 2 is 1.79 bits per heavy atom. The summed E-state index contributed by atoms with van der Waals surface area (Å²) in [4.78, 5) is 23.6. The Balaban J connectivity index is 1.44. The van der Waals surface area contributed by atoms with Crippen molar-refractivity contribution in [2.45, 2.75) is 6.18 Å². The van der Waals surface area contributed by atoms with Crippen LogP contribution in [0.15, 0.2) is 60.8 Å². The summed E-state index contributed by atoms with van der Waals surface area (Å²) in [5.41, 5.74) is -0.197. The van der Waals surface area contributed by atoms with Crippen LogP contribution in [0.2, 0.25) is 0 Å². The summed E-state index contributed by atoms with van der Waals surface area (Å²) in [6, 6.07) is 13.4. The molecule has 0 unspecified atom stereocenters. The fourth-order valence-electron chi connectivity index (χ4n) is 3.75. The Morgan fingerprint density at radius 1 is 1.00 bits per heavy atom. The van der Waals surface area contributed by atoms with Crippen molar-refractivity contribution in [3.8, 4) is 11.3 Å². The molecule has 1 saturated heterocycles. The average Bonchev–Trinajstić information content (AvgIpc) is 3.26. The maximum Gasteiger partial charge on any atom is 0.417 e. The first-order chi connectivity index (χ1) is 16.4. The molecule has 1 N–H and O–H groups in total. The molecule has 0 atom stereocenters. The number of rotatable bonds is 4. The number of carbonyl (C=O) groups excluding carboxylic acids is 1. The number of halogens is 3. The Bertz CT molecular complexity index is 1350. The lowest BCUT2D eigenvalue weighted by Crippen LogP contribution is -2.37. The van der Waals surface area contributed by atoms with E-state index in [0.717, 1.165) is 6.07 Å². The molecular formula is C23H19F3N6O2. The molecule has 0 aliphatic carbocycles. The second-order valence-electron chi connectivity index (χ2n) is 7.61. The van der Waals surface area contributed by atoms with Crippen molar-refractivity contribution in [1.29, 1.82) is 0 Å². The third kappa shape index (κ3) is 4.29. The molecule has 0 bridgehead atoms. The van der Waals surface area contributed by atoms with Gasteiger partial charge < -0.3 is 15.0 Å². The summed E-state index contributed by atoms with van der Waals surface area (Å²) < 4.78 is 47.1. The molecule has 1 fully saturated rings. The Hall–Kier alpha value is -3.99. The van der Waals surface area contributed by atoms with E-state index in [1.807, 2.05) is 11.0 Å². The number of anilines is 2. The molecule has 1 aromatic carbocycles. The van der Waals surface area contributed by atoms with Crippen LogP contribution in [0.3, 0.4) is 0 Å². The summed E-state index contributed by atoms with van der Waals surface area (Å²) in [5.74, 6) is 0.392. The maximum absolute atomic E-state index is 13.5. The van der Waals surface area contributed by atoms with Crippen molar-refractivity contribution in [2.75, 3.05) is 36.5 Å². The molecular weight excluding hydrogens is 449 g/mol. The second-order valence-corrected chi connectivity index (χ2v) is 7.61. The van der Waals surface area contributed by atoms with Gasteiger partial charge in [-0.25, -0.2) is 9.97 Å². The molecule has 1 aliphatic rings. The van der Waals surface area contributed by atoms with E-state index in [1.165, 1.54) is 35.0 Å². The van der Waals surface area contributed by atoms with Crippen molar-refractivity contribution >= 4 is 23.2 Å². The van der Waals surface area contributed by atoms with E-state index in [4.69, 9.17) is 4.74 Å². The maximum atomic E-state index is 13.5. The first-order valence-corrected chi connectivity index (χ1v) is 10.5. The molecule has 1 aliphatic heterocycles. The number of benzene rings is 1. The number of amides is 1. The Kier molecular flexibility index (Phi) is 5.62. The lowest BCUT2D eigenvalue weighted by atomic mass is 10.0. The molecule has 0 radical (unpaired) electrons. The summed E-state index contributed by atoms with van der Waals surface area (Å²) >= 11 is 0. The number of nitrogens with zero attached hydrogens (tertiary/aromatic N) is 5. The minimum absolute atomic E-state index is 0.0669. The molecule has 8 nitrogen and oxygen atoms in total. The van der Waals surface area contributed by atoms with E-state index in [0.29, 0.717) is 37.8 Å². The molecule has 11 heteroatoms. The van der Waals surface area contributed by atoms with Crippen LogP contribution < -0.4 is 10.2 Å². The number of hydrogen-bond acceptors (Lipinski definition) is 6. The normalized spacial score (nSPS) is 14.4. The van der Waals surface area contributed by atoms with Crippen LogP contribution in [0.5, 0.6) is 0 Å². The summed E-state index contributed by atoms with van der Waals surface area (Å²) in [6.07, 6.45) is -3.14. The minimum atomic E-state index is -4.53. The average molecular weight is 468 g/mol. The van der Waals surface area contributed by atoms with E-state index in [-0.39, 0.29) is 22.8 Å². The molecule has 1 amide bonds. The van der Waals surface area contributed by atoms with Crippen molar-refractivity contribution in [3.05, 3.63) is 72.1 Å². The highest BCUT2D eigenvalue weighted by molar-refractivity contribution is 6.02. The quantitative estimate of drug-likeness (QED) is 0.489. The zero-order valence-electron chi connectivity index (χ0n) is 17.8. The standard InChI is InChI=1S/C23H19F3N6O2/c24-23(25,26)16-5-2-1-4-15(16)17-8-9-19-27-14-21(32(19)30-17)29-22(33)18-6-3-7-20(28-18)31-10-12-34-13-11-31/h1-9,14H,10-13H2,(H,29,33). The number of ether oxygens (including phenoxy) is 1. The van der Waals surface area contributed by atoms with Gasteiger partial charge in [-0.2, -0.15) is 22.8 Å². The van der Waals surface area contributed by atoms with Crippen LogP contribution in [0.4, 0.5) is 24.8 Å². The van der Waals surface area contributed by atoms with E-state index in [9.17, 15) is 18.0 Å². The van der Waals surface area contributed by atoms with Crippen molar-refractivity contribution in [1.82, 2.24) is 19.6 Å². The van der Waals surface area contributed by atoms with E-state index in [1.54, 1.807) is 18.2 Å². The Morgan fingerprint density at radius 3 is 2.59 bits per heavy atom. The summed E-state index contributed by atoms with van der Waals surface area (Å²) in [6.45, 7) is 2.53. The number of fused-ring (bicyclic) bond motifs is 1. The van der Waals surface area contributed by atoms with Crippen LogP contribution >= 0.6 is 0 Å². The number of aromatic nitrogens is 4. The van der Waals surface area contributed by atoms with Gasteiger partial charge in [0.2, 0.25) is 0 Å². The van der Waals surface area contributed by atoms with Crippen LogP contribution in [0.25, 0.3) is 16.9 Å². The topological polar surface area (TPSA) is 84.7 Å². The summed E-state index contributed by atoms with van der Waals surface area (Å²) in [7, 11) is 0. The zero-order chi connectivity index (χ0) is 23.7. The molecule has 4 aromatic rings. The molecule has 174 valence electrons. The third-order valence-electron chi connectivity index (χ3n) is 5.41. The van der Waals surface area contributed by atoms with Crippen molar-refractivity contribution < 1.29 is 22.7 Å². The van der Waals surface area contributed by atoms with Gasteiger partial charge in [0.25, 0.3) is 5.91 Å². The highest BCUT2D eigenvalue weighted by atomic mass is 19.4. The van der Waals surface area contributed by atoms with E-state index < -0.39 is 17.6 Å². The number of carbonyl (C=O) groups is 1. The van der Waals surface area contributed by atoms with Crippen molar-refractivity contribution in [3.63, 3.8) is 0 Å². The van der Waals surface area contributed by atoms with Crippen molar-refractivity contribution in [2.24, 2.45) is 0 Å². The van der Waals surface area contributed by atoms with E-state index >= 15 is 0 Å². The largest absolute Gasteiger partial charge is 0.417 e. The molecule has 0 saturated carbocycles. The van der Waals surface area contributed by atoms with Gasteiger partial charge in [0.15, 0.2) is 11.5 Å². The fraction of sp³-hybridized carbons (Fsp3) is 0.217. The lowest BCUT2D eigenvalue weighted by molar-refractivity contribution is -0.137. The smallest absolute Gasteiger partial charge is 0.378 e. The van der Waals surface area contributed by atoms with Gasteiger partial charge in [-0.15, -0.1) is 0 Å². The molecule has 0 spiro atoms. The van der Waals surface area contributed by atoms with Gasteiger partial charge in [0.1, 0.15) is 11.5 Å². The zero-order valence-corrected chi connectivity index (χ0v) is 17.8. The minimum Gasteiger partial charge on any atom is -0.378 e. The lowest BCUT2D eigenvalue weighted by Gasteiger charge is -2.27. The monoisotopic (exact) mass is 468 g/mol. The van der Waals surface area contributed by atoms with E-state index in [2.05, 4.69) is 20.4 Å². The first-order valence-electron chi connectivity index (χ1n) is 10.5. The fourth-order valence-corrected chi connectivity index (χ4v) is 3.75. The molecule has 4 heterocycles. The third-order valence-corrected chi connectivity index (χ3v) is 5.41. The second kappa shape index (κ2) is 8.75. The predicted molar refractivity (Wildman–Crippen MR) is 119 cm³/mol. The van der Waals surface area contributed by atoms with Gasteiger partial charge >= 0.3 is 6.18 Å². The van der Waals surface area contributed by atoms with Crippen LogP contribution in [0, 0.1) is 0 Å². The molecule has 3 aromatic heterocycles. The summed E-state index contributed by atoms with van der Waals surface area (Å²) in [5, 5.41) is 7.02. The predicted octanol–water partition coefficient (Wildman–Crippen LogP) is 3.90. The van der Waals surface area contributed by atoms with Gasteiger partial charge in [0, 0.05) is 18.7 Å². The number of morpholine rings is 1. The van der Waals surface area contributed by atoms with Gasteiger partial charge in [-0.05, 0) is 30.3 Å². The number of nitrogens with one attached hydrogen (secondary N) is 1. The number of pyridine rings is 1. The molecule has 5 rings (SSSR count). The van der Waals surface area contributed by atoms with Crippen LogP contribution in [-0.4, -0.2) is 51.8 Å². The van der Waals surface area contributed by atoms with Gasteiger partial charge in [-0.1, -0.05) is 24.3 Å².